The number of aliphatic hydroxyl groups excluding tert-OH is 1. The zero-order chi connectivity index (χ0) is 21.7. The van der Waals surface area contributed by atoms with E-state index in [-0.39, 0.29) is 6.10 Å². The fraction of sp³-hybridized carbons (Fsp3) is 1.00. The molecule has 4 rings (SSSR count). The molecule has 0 aromatic rings. The maximum absolute atomic E-state index is 11.2. The third-order valence-corrected chi connectivity index (χ3v) is 11.2. The minimum atomic E-state index is -0.413. The van der Waals surface area contributed by atoms with E-state index in [1.165, 1.54) is 51.4 Å². The number of rotatable bonds is 6. The van der Waals surface area contributed by atoms with Crippen LogP contribution in [0.15, 0.2) is 0 Å². The van der Waals surface area contributed by atoms with Crippen LogP contribution in [0, 0.1) is 52.8 Å². The van der Waals surface area contributed by atoms with Crippen molar-refractivity contribution in [1.29, 1.82) is 0 Å². The Bertz CT molecular complexity index is 587. The van der Waals surface area contributed by atoms with E-state index in [1.54, 1.807) is 0 Å². The van der Waals surface area contributed by atoms with Gasteiger partial charge in [0.05, 0.1) is 11.7 Å². The second kappa shape index (κ2) is 8.69. The van der Waals surface area contributed by atoms with Gasteiger partial charge in [-0.15, -0.1) is 0 Å². The summed E-state index contributed by atoms with van der Waals surface area (Å²) < 4.78 is 0. The molecule has 0 saturated heterocycles. The standard InChI is InChI=1S/C28H50O2/c1-6-28(30)15-14-27(5)21(17-28)16-23(19(4)10-13-25(29)18(2)3)26-22-9-7-8-20(22)11-12-24(26)27/h18-26,29-30H,6-17H2,1-5H3/t19-,20-,21+,22-,23?,24+,25+,26-,27+,28+/m1/s1. The molecule has 0 bridgehead atoms. The van der Waals surface area contributed by atoms with Crippen molar-refractivity contribution in [2.45, 2.75) is 123 Å². The van der Waals surface area contributed by atoms with E-state index in [0.717, 1.165) is 55.3 Å². The van der Waals surface area contributed by atoms with Crippen LogP contribution in [0.2, 0.25) is 0 Å². The zero-order valence-corrected chi connectivity index (χ0v) is 20.6. The lowest BCUT2D eigenvalue weighted by Gasteiger charge is -2.63. The van der Waals surface area contributed by atoms with E-state index in [9.17, 15) is 10.2 Å². The molecule has 1 unspecified atom stereocenters. The van der Waals surface area contributed by atoms with Crippen LogP contribution in [0.4, 0.5) is 0 Å². The van der Waals surface area contributed by atoms with Crippen molar-refractivity contribution >= 4 is 0 Å². The fourth-order valence-electron chi connectivity index (χ4n) is 8.94. The van der Waals surface area contributed by atoms with Gasteiger partial charge in [0.25, 0.3) is 0 Å². The Kier molecular flexibility index (Phi) is 6.69. The predicted octanol–water partition coefficient (Wildman–Crippen LogP) is 6.83. The summed E-state index contributed by atoms with van der Waals surface area (Å²) in [5.74, 6) is 6.31. The Morgan fingerprint density at radius 2 is 1.77 bits per heavy atom. The lowest BCUT2D eigenvalue weighted by atomic mass is 9.42. The third kappa shape index (κ3) is 4.02. The second-order valence-electron chi connectivity index (χ2n) is 12.9. The van der Waals surface area contributed by atoms with Gasteiger partial charge >= 0.3 is 0 Å². The Balaban J connectivity index is 1.59. The molecule has 0 heterocycles. The number of hydrogen-bond donors (Lipinski definition) is 2. The van der Waals surface area contributed by atoms with Crippen LogP contribution in [0.3, 0.4) is 0 Å². The maximum Gasteiger partial charge on any atom is 0.0648 e. The number of hydrogen-bond acceptors (Lipinski definition) is 2. The van der Waals surface area contributed by atoms with Crippen molar-refractivity contribution < 1.29 is 10.2 Å². The Morgan fingerprint density at radius 3 is 2.47 bits per heavy atom. The first-order chi connectivity index (χ1) is 14.2. The van der Waals surface area contributed by atoms with Gasteiger partial charge in [0.15, 0.2) is 0 Å². The van der Waals surface area contributed by atoms with Crippen molar-refractivity contribution in [3.05, 3.63) is 0 Å². The summed E-state index contributed by atoms with van der Waals surface area (Å²) in [4.78, 5) is 0. The van der Waals surface area contributed by atoms with Crippen LogP contribution in [-0.2, 0) is 0 Å². The van der Waals surface area contributed by atoms with Crippen LogP contribution in [0.25, 0.3) is 0 Å². The summed E-state index contributed by atoms with van der Waals surface area (Å²) in [6, 6.07) is 0. The predicted molar refractivity (Wildman–Crippen MR) is 125 cm³/mol. The van der Waals surface area contributed by atoms with E-state index in [1.807, 2.05) is 0 Å². The Hall–Kier alpha value is -0.0800. The first kappa shape index (κ1) is 23.1. The van der Waals surface area contributed by atoms with Crippen molar-refractivity contribution in [1.82, 2.24) is 0 Å². The molecule has 174 valence electrons. The van der Waals surface area contributed by atoms with Crippen LogP contribution >= 0.6 is 0 Å². The van der Waals surface area contributed by atoms with Gasteiger partial charge in [-0.05, 0) is 117 Å². The summed E-state index contributed by atoms with van der Waals surface area (Å²) in [5.41, 5.74) is 0.0382. The number of aliphatic hydroxyl groups is 2. The summed E-state index contributed by atoms with van der Waals surface area (Å²) in [6.45, 7) is 11.6. The molecule has 4 aliphatic carbocycles. The van der Waals surface area contributed by atoms with Gasteiger partial charge in [0.2, 0.25) is 0 Å². The normalized spacial score (nSPS) is 48.0. The maximum atomic E-state index is 11.2. The highest BCUT2D eigenvalue weighted by Gasteiger charge is 2.60. The van der Waals surface area contributed by atoms with Gasteiger partial charge in [0.1, 0.15) is 0 Å². The van der Waals surface area contributed by atoms with Crippen molar-refractivity contribution in [2.24, 2.45) is 52.8 Å². The van der Waals surface area contributed by atoms with Crippen molar-refractivity contribution in [2.75, 3.05) is 0 Å². The molecule has 2 heteroatoms. The highest BCUT2D eigenvalue weighted by molar-refractivity contribution is 5.09. The summed E-state index contributed by atoms with van der Waals surface area (Å²) in [5, 5.41) is 21.7. The van der Waals surface area contributed by atoms with Crippen LogP contribution in [-0.4, -0.2) is 21.9 Å². The van der Waals surface area contributed by atoms with Gasteiger partial charge in [0, 0.05) is 0 Å². The molecule has 0 amide bonds. The molecule has 4 fully saturated rings. The quantitative estimate of drug-likeness (QED) is 0.496. The van der Waals surface area contributed by atoms with Crippen LogP contribution in [0.5, 0.6) is 0 Å². The second-order valence-corrected chi connectivity index (χ2v) is 12.9. The fourth-order valence-corrected chi connectivity index (χ4v) is 8.94. The molecule has 30 heavy (non-hydrogen) atoms. The van der Waals surface area contributed by atoms with Gasteiger partial charge in [-0.2, -0.15) is 0 Å². The van der Waals surface area contributed by atoms with Crippen LogP contribution < -0.4 is 0 Å². The molecule has 0 aromatic heterocycles. The molecule has 0 aromatic carbocycles. The largest absolute Gasteiger partial charge is 0.393 e. The summed E-state index contributed by atoms with van der Waals surface area (Å²) in [6.07, 6.45) is 14.9. The lowest BCUT2D eigenvalue weighted by molar-refractivity contribution is -0.165. The van der Waals surface area contributed by atoms with E-state index in [4.69, 9.17) is 0 Å². The van der Waals surface area contributed by atoms with E-state index in [0.29, 0.717) is 23.2 Å². The van der Waals surface area contributed by atoms with Crippen molar-refractivity contribution in [3.63, 3.8) is 0 Å². The van der Waals surface area contributed by atoms with Gasteiger partial charge in [-0.3, -0.25) is 0 Å². The highest BCUT2D eigenvalue weighted by Crippen LogP contribution is 2.66. The Labute approximate surface area is 186 Å². The topological polar surface area (TPSA) is 40.5 Å². The smallest absolute Gasteiger partial charge is 0.0648 e. The molecule has 2 nitrogen and oxygen atoms in total. The molecule has 4 aliphatic rings. The van der Waals surface area contributed by atoms with Gasteiger partial charge in [-0.25, -0.2) is 0 Å². The monoisotopic (exact) mass is 418 g/mol. The first-order valence-corrected chi connectivity index (χ1v) is 13.6. The average molecular weight is 419 g/mol. The summed E-state index contributed by atoms with van der Waals surface area (Å²) >= 11 is 0. The minimum absolute atomic E-state index is 0.150. The highest BCUT2D eigenvalue weighted by atomic mass is 16.3. The third-order valence-electron chi connectivity index (χ3n) is 11.2. The first-order valence-electron chi connectivity index (χ1n) is 13.6. The molecule has 10 atom stereocenters. The Morgan fingerprint density at radius 1 is 1.00 bits per heavy atom. The molecule has 2 N–H and O–H groups in total. The molecule has 0 aliphatic heterocycles. The molecular formula is C28H50O2. The van der Waals surface area contributed by atoms with E-state index >= 15 is 0 Å². The molecule has 4 saturated carbocycles. The zero-order valence-electron chi connectivity index (χ0n) is 20.6. The van der Waals surface area contributed by atoms with Gasteiger partial charge in [-0.1, -0.05) is 47.5 Å². The summed E-state index contributed by atoms with van der Waals surface area (Å²) in [7, 11) is 0. The molecule has 0 radical (unpaired) electrons. The van der Waals surface area contributed by atoms with E-state index in [2.05, 4.69) is 34.6 Å². The SMILES string of the molecule is CC[C@]1(O)CC[C@@]2(C)[C@@H](CC([C@H](C)CC[C@H](O)C(C)C)[C@H]3[C@@H]4CCC[C@@H]4CC[C@@H]32)C1. The minimum Gasteiger partial charge on any atom is -0.393 e. The molecular weight excluding hydrogens is 368 g/mol. The number of fused-ring (bicyclic) bond motifs is 5. The van der Waals surface area contributed by atoms with Crippen LogP contribution in [0.1, 0.15) is 112 Å². The van der Waals surface area contributed by atoms with Crippen molar-refractivity contribution in [3.8, 4) is 0 Å². The van der Waals surface area contributed by atoms with Gasteiger partial charge < -0.3 is 10.2 Å². The average Bonchev–Trinajstić information content (AvgIpc) is 3.21. The lowest BCUT2D eigenvalue weighted by Crippen LogP contribution is -2.57. The van der Waals surface area contributed by atoms with E-state index < -0.39 is 5.60 Å². The molecule has 0 spiro atoms.